The highest BCUT2D eigenvalue weighted by Crippen LogP contribution is 2.43. The second-order valence-electron chi connectivity index (χ2n) is 7.02. The Morgan fingerprint density at radius 3 is 1.96 bits per heavy atom. The van der Waals surface area contributed by atoms with Crippen LogP contribution in [0, 0.1) is 20.8 Å². The smallest absolute Gasteiger partial charge is 0.119 e. The minimum Gasteiger partial charge on any atom is -0.508 e. The van der Waals surface area contributed by atoms with Gasteiger partial charge in [-0.25, -0.2) is 0 Å². The van der Waals surface area contributed by atoms with E-state index in [2.05, 4.69) is 26.0 Å². The molecular weight excluding hydrogens is 284 g/mol. The van der Waals surface area contributed by atoms with Gasteiger partial charge in [-0.2, -0.15) is 0 Å². The maximum atomic E-state index is 10.00. The molecule has 1 aliphatic rings. The number of phenols is 2. The Bertz CT molecular complexity index is 693. The van der Waals surface area contributed by atoms with Gasteiger partial charge in [-0.15, -0.1) is 0 Å². The van der Waals surface area contributed by atoms with Crippen molar-refractivity contribution in [3.05, 3.63) is 58.1 Å². The second-order valence-corrected chi connectivity index (χ2v) is 7.02. The fourth-order valence-corrected chi connectivity index (χ4v) is 4.17. The molecule has 2 heteroatoms. The Balaban J connectivity index is 1.77. The molecular formula is C21H26O2. The summed E-state index contributed by atoms with van der Waals surface area (Å²) < 4.78 is 0. The highest BCUT2D eigenvalue weighted by Gasteiger charge is 2.26. The lowest BCUT2D eigenvalue weighted by Crippen LogP contribution is -2.14. The first-order chi connectivity index (χ1) is 11.0. The third-order valence-corrected chi connectivity index (χ3v) is 5.63. The van der Waals surface area contributed by atoms with Gasteiger partial charge >= 0.3 is 0 Å². The lowest BCUT2D eigenvalue weighted by Gasteiger charge is -2.31. The van der Waals surface area contributed by atoms with E-state index in [0.29, 0.717) is 23.3 Å². The third-order valence-electron chi connectivity index (χ3n) is 5.63. The number of aromatic hydroxyl groups is 2. The minimum atomic E-state index is 0.341. The van der Waals surface area contributed by atoms with E-state index in [1.807, 2.05) is 13.0 Å². The van der Waals surface area contributed by atoms with Crippen LogP contribution in [-0.2, 0) is 0 Å². The molecule has 3 rings (SSSR count). The van der Waals surface area contributed by atoms with Gasteiger partial charge in [0.15, 0.2) is 0 Å². The monoisotopic (exact) mass is 310 g/mol. The fraction of sp³-hybridized carbons (Fsp3) is 0.429. The van der Waals surface area contributed by atoms with Crippen LogP contribution in [0.4, 0.5) is 0 Å². The summed E-state index contributed by atoms with van der Waals surface area (Å²) in [7, 11) is 0. The second kappa shape index (κ2) is 6.27. The number of hydrogen-bond donors (Lipinski definition) is 2. The number of rotatable bonds is 2. The van der Waals surface area contributed by atoms with Gasteiger partial charge in [-0.05, 0) is 104 Å². The van der Waals surface area contributed by atoms with Gasteiger partial charge in [-0.3, -0.25) is 0 Å². The highest BCUT2D eigenvalue weighted by atomic mass is 16.3. The van der Waals surface area contributed by atoms with Crippen LogP contribution >= 0.6 is 0 Å². The van der Waals surface area contributed by atoms with E-state index < -0.39 is 0 Å². The first kappa shape index (κ1) is 15.9. The lowest BCUT2D eigenvalue weighted by molar-refractivity contribution is 0.393. The quantitative estimate of drug-likeness (QED) is 0.772. The van der Waals surface area contributed by atoms with Crippen LogP contribution < -0.4 is 0 Å². The first-order valence-corrected chi connectivity index (χ1v) is 8.56. The average Bonchev–Trinajstić information content (AvgIpc) is 2.54. The molecule has 0 heterocycles. The molecule has 1 saturated carbocycles. The van der Waals surface area contributed by atoms with Crippen LogP contribution in [0.25, 0.3) is 0 Å². The first-order valence-electron chi connectivity index (χ1n) is 8.56. The minimum absolute atomic E-state index is 0.341. The lowest BCUT2D eigenvalue weighted by atomic mass is 9.74. The summed E-state index contributed by atoms with van der Waals surface area (Å²) in [6, 6.07) is 9.62. The summed E-state index contributed by atoms with van der Waals surface area (Å²) >= 11 is 0. The van der Waals surface area contributed by atoms with E-state index in [1.165, 1.54) is 47.9 Å². The zero-order valence-electron chi connectivity index (χ0n) is 14.3. The van der Waals surface area contributed by atoms with Crippen molar-refractivity contribution in [3.63, 3.8) is 0 Å². The van der Waals surface area contributed by atoms with E-state index in [0.717, 1.165) is 5.56 Å². The molecule has 0 aliphatic heterocycles. The predicted octanol–water partition coefficient (Wildman–Crippen LogP) is 5.46. The van der Waals surface area contributed by atoms with Crippen LogP contribution in [0.5, 0.6) is 11.5 Å². The maximum Gasteiger partial charge on any atom is 0.119 e. The van der Waals surface area contributed by atoms with Crippen molar-refractivity contribution in [2.24, 2.45) is 0 Å². The summed E-state index contributed by atoms with van der Waals surface area (Å²) in [5.41, 5.74) is 6.29. The largest absolute Gasteiger partial charge is 0.508 e. The topological polar surface area (TPSA) is 40.5 Å². The van der Waals surface area contributed by atoms with Crippen molar-refractivity contribution in [2.75, 3.05) is 0 Å². The van der Waals surface area contributed by atoms with Crippen LogP contribution in [0.2, 0.25) is 0 Å². The molecule has 2 aromatic rings. The summed E-state index contributed by atoms with van der Waals surface area (Å²) in [6.07, 6.45) is 4.76. The molecule has 0 radical (unpaired) electrons. The molecule has 2 aromatic carbocycles. The fourth-order valence-electron chi connectivity index (χ4n) is 4.17. The van der Waals surface area contributed by atoms with Crippen molar-refractivity contribution in [2.45, 2.75) is 58.3 Å². The molecule has 2 N–H and O–H groups in total. The molecule has 122 valence electrons. The molecule has 0 amide bonds. The predicted molar refractivity (Wildman–Crippen MR) is 94.4 cm³/mol. The molecule has 0 unspecified atom stereocenters. The van der Waals surface area contributed by atoms with Crippen molar-refractivity contribution in [1.82, 2.24) is 0 Å². The van der Waals surface area contributed by atoms with Crippen LogP contribution in [0.1, 0.15) is 65.3 Å². The summed E-state index contributed by atoms with van der Waals surface area (Å²) in [4.78, 5) is 0. The van der Waals surface area contributed by atoms with E-state index in [-0.39, 0.29) is 0 Å². The Morgan fingerprint density at radius 1 is 0.783 bits per heavy atom. The summed E-state index contributed by atoms with van der Waals surface area (Å²) in [6.45, 7) is 6.27. The van der Waals surface area contributed by atoms with Crippen molar-refractivity contribution >= 4 is 0 Å². The molecule has 2 nitrogen and oxygen atoms in total. The number of benzene rings is 2. The molecule has 0 bridgehead atoms. The van der Waals surface area contributed by atoms with E-state index >= 15 is 0 Å². The maximum absolute atomic E-state index is 10.00. The Labute approximate surface area is 138 Å². The Kier molecular flexibility index (Phi) is 4.34. The van der Waals surface area contributed by atoms with Gasteiger partial charge in [0.05, 0.1) is 0 Å². The van der Waals surface area contributed by atoms with Crippen molar-refractivity contribution < 1.29 is 10.2 Å². The normalized spacial score (nSPS) is 21.3. The molecule has 0 aromatic heterocycles. The van der Waals surface area contributed by atoms with Gasteiger partial charge in [0, 0.05) is 0 Å². The van der Waals surface area contributed by atoms with Crippen molar-refractivity contribution in [1.29, 1.82) is 0 Å². The van der Waals surface area contributed by atoms with Gasteiger partial charge in [0.25, 0.3) is 0 Å². The Hall–Kier alpha value is -1.96. The van der Waals surface area contributed by atoms with Gasteiger partial charge in [0.2, 0.25) is 0 Å². The van der Waals surface area contributed by atoms with E-state index in [9.17, 15) is 10.2 Å². The highest BCUT2D eigenvalue weighted by molar-refractivity contribution is 5.49. The number of phenolic OH excluding ortho intramolecular Hbond substituents is 2. The van der Waals surface area contributed by atoms with Gasteiger partial charge in [0.1, 0.15) is 11.5 Å². The molecule has 0 atom stereocenters. The number of hydrogen-bond acceptors (Lipinski definition) is 2. The van der Waals surface area contributed by atoms with Gasteiger partial charge < -0.3 is 10.2 Å². The Morgan fingerprint density at radius 2 is 1.35 bits per heavy atom. The molecule has 1 fully saturated rings. The molecule has 23 heavy (non-hydrogen) atoms. The molecule has 0 saturated heterocycles. The summed E-state index contributed by atoms with van der Waals surface area (Å²) in [5.74, 6) is 1.96. The van der Waals surface area contributed by atoms with E-state index in [1.54, 1.807) is 12.1 Å². The van der Waals surface area contributed by atoms with Crippen molar-refractivity contribution in [3.8, 4) is 11.5 Å². The molecule has 0 spiro atoms. The third kappa shape index (κ3) is 3.08. The van der Waals surface area contributed by atoms with Gasteiger partial charge in [-0.1, -0.05) is 12.1 Å². The van der Waals surface area contributed by atoms with E-state index in [4.69, 9.17) is 0 Å². The van der Waals surface area contributed by atoms with Crippen LogP contribution in [0.15, 0.2) is 30.3 Å². The standard InChI is InChI=1S/C21H26O2/c1-13-12-20(23)14(2)15(3)21(13)18-6-4-16(5-7-18)17-8-10-19(22)11-9-17/h8-12,16,18,22-23H,4-7H2,1-3H3. The average molecular weight is 310 g/mol. The SMILES string of the molecule is Cc1cc(O)c(C)c(C)c1C1CCC(c2ccc(O)cc2)CC1. The zero-order chi connectivity index (χ0) is 16.6. The zero-order valence-corrected chi connectivity index (χ0v) is 14.3. The molecule has 1 aliphatic carbocycles. The number of aryl methyl sites for hydroxylation is 1. The summed E-state index contributed by atoms with van der Waals surface area (Å²) in [5, 5.41) is 19.4. The van der Waals surface area contributed by atoms with Crippen LogP contribution in [0.3, 0.4) is 0 Å². The van der Waals surface area contributed by atoms with Crippen LogP contribution in [-0.4, -0.2) is 10.2 Å².